The lowest BCUT2D eigenvalue weighted by molar-refractivity contribution is 0.156. The van der Waals surface area contributed by atoms with Crippen molar-refractivity contribution in [3.63, 3.8) is 0 Å². The molecule has 180 valence electrons. The van der Waals surface area contributed by atoms with Crippen LogP contribution in [0, 0.1) is 25.5 Å². The molecule has 2 heterocycles. The van der Waals surface area contributed by atoms with Crippen LogP contribution in [-0.4, -0.2) is 41.0 Å². The molecule has 0 aliphatic carbocycles. The summed E-state index contributed by atoms with van der Waals surface area (Å²) < 4.78 is 27.8. The molecule has 35 heavy (non-hydrogen) atoms. The quantitative estimate of drug-likeness (QED) is 0.376. The van der Waals surface area contributed by atoms with E-state index in [1.54, 1.807) is 0 Å². The fourth-order valence-corrected chi connectivity index (χ4v) is 5.01. The van der Waals surface area contributed by atoms with Gasteiger partial charge in [-0.1, -0.05) is 54.1 Å². The summed E-state index contributed by atoms with van der Waals surface area (Å²) in [6, 6.07) is 21.5. The number of nitrogens with zero attached hydrogens (tertiary/aromatic N) is 2. The highest BCUT2D eigenvalue weighted by Crippen LogP contribution is 2.42. The molecular formula is C29H30F2N4. The molecule has 3 aromatic carbocycles. The van der Waals surface area contributed by atoms with Crippen molar-refractivity contribution in [1.82, 2.24) is 20.2 Å². The zero-order chi connectivity index (χ0) is 24.4. The molecule has 0 radical (unpaired) electrons. The number of halogens is 2. The lowest BCUT2D eigenvalue weighted by atomic mass is 9.82. The molecule has 0 bridgehead atoms. The number of rotatable bonds is 6. The molecule has 1 aliphatic heterocycles. The standard InChI is InChI=1S/C29H30F2N4/c1-19-3-5-23(6-4-19)29-33-20(2)27(34-29)28(35-17-15-32-16-18-35)26(21-7-11-24(30)12-8-21)22-9-13-25(31)14-10-22/h3-14,26,28,32H,15-18H2,1-2H3,(H,33,34). The zero-order valence-corrected chi connectivity index (χ0v) is 20.1. The van der Waals surface area contributed by atoms with Crippen LogP contribution in [-0.2, 0) is 0 Å². The van der Waals surface area contributed by atoms with Crippen LogP contribution in [0.25, 0.3) is 11.4 Å². The first-order valence-electron chi connectivity index (χ1n) is 12.1. The monoisotopic (exact) mass is 472 g/mol. The number of H-pyrrole nitrogens is 1. The topological polar surface area (TPSA) is 44.0 Å². The molecule has 4 aromatic rings. The van der Waals surface area contributed by atoms with Crippen LogP contribution in [0.1, 0.15) is 40.0 Å². The van der Waals surface area contributed by atoms with Crippen molar-refractivity contribution in [3.05, 3.63) is 113 Å². The van der Waals surface area contributed by atoms with E-state index >= 15 is 0 Å². The maximum Gasteiger partial charge on any atom is 0.137 e. The second-order valence-electron chi connectivity index (χ2n) is 9.27. The van der Waals surface area contributed by atoms with Crippen LogP contribution in [0.2, 0.25) is 0 Å². The Hall–Kier alpha value is -3.35. The van der Waals surface area contributed by atoms with Gasteiger partial charge in [-0.3, -0.25) is 4.90 Å². The number of benzene rings is 3. The summed E-state index contributed by atoms with van der Waals surface area (Å²) in [7, 11) is 0. The molecule has 1 unspecified atom stereocenters. The fourth-order valence-electron chi connectivity index (χ4n) is 5.01. The molecule has 6 heteroatoms. The van der Waals surface area contributed by atoms with Crippen molar-refractivity contribution in [2.45, 2.75) is 25.8 Å². The first-order valence-corrected chi connectivity index (χ1v) is 12.1. The third kappa shape index (κ3) is 5.04. The molecule has 1 saturated heterocycles. The van der Waals surface area contributed by atoms with Crippen LogP contribution in [0.5, 0.6) is 0 Å². The number of nitrogens with one attached hydrogen (secondary N) is 2. The Morgan fingerprint density at radius 3 is 1.86 bits per heavy atom. The second kappa shape index (κ2) is 10.1. The van der Waals surface area contributed by atoms with Gasteiger partial charge in [0.15, 0.2) is 0 Å². The number of piperazine rings is 1. The Morgan fingerprint density at radius 2 is 1.31 bits per heavy atom. The van der Waals surface area contributed by atoms with Gasteiger partial charge in [0, 0.05) is 43.4 Å². The van der Waals surface area contributed by atoms with E-state index in [0.29, 0.717) is 0 Å². The minimum Gasteiger partial charge on any atom is -0.342 e. The molecule has 1 fully saturated rings. The third-order valence-electron chi connectivity index (χ3n) is 6.85. The Bertz CT molecular complexity index is 1210. The molecular weight excluding hydrogens is 442 g/mol. The molecule has 2 N–H and O–H groups in total. The van der Waals surface area contributed by atoms with Crippen molar-refractivity contribution in [2.24, 2.45) is 0 Å². The molecule has 1 aliphatic rings. The second-order valence-corrected chi connectivity index (χ2v) is 9.27. The summed E-state index contributed by atoms with van der Waals surface area (Å²) in [5, 5.41) is 3.44. The van der Waals surface area contributed by atoms with Crippen molar-refractivity contribution in [1.29, 1.82) is 0 Å². The van der Waals surface area contributed by atoms with Crippen LogP contribution in [0.3, 0.4) is 0 Å². The van der Waals surface area contributed by atoms with Crippen LogP contribution < -0.4 is 5.32 Å². The van der Waals surface area contributed by atoms with Gasteiger partial charge < -0.3 is 10.3 Å². The SMILES string of the molecule is Cc1ccc(-c2nc(C(C(c3ccc(F)cc3)c3ccc(F)cc3)N3CCNCC3)c(C)[nH]2)cc1. The zero-order valence-electron chi connectivity index (χ0n) is 20.1. The Labute approximate surface area is 205 Å². The minimum atomic E-state index is -0.275. The van der Waals surface area contributed by atoms with Gasteiger partial charge in [-0.15, -0.1) is 0 Å². The highest BCUT2D eigenvalue weighted by molar-refractivity contribution is 5.57. The predicted molar refractivity (Wildman–Crippen MR) is 135 cm³/mol. The average Bonchev–Trinajstić information content (AvgIpc) is 3.26. The van der Waals surface area contributed by atoms with Gasteiger partial charge in [0.05, 0.1) is 11.7 Å². The van der Waals surface area contributed by atoms with Crippen molar-refractivity contribution in [2.75, 3.05) is 26.2 Å². The van der Waals surface area contributed by atoms with Crippen molar-refractivity contribution >= 4 is 0 Å². The molecule has 1 atom stereocenters. The minimum absolute atomic E-state index is 0.108. The first kappa shape index (κ1) is 23.4. The number of aromatic amines is 1. The number of aryl methyl sites for hydroxylation is 2. The molecule has 0 saturated carbocycles. The molecule has 4 nitrogen and oxygen atoms in total. The lowest BCUT2D eigenvalue weighted by Crippen LogP contribution is -2.47. The summed E-state index contributed by atoms with van der Waals surface area (Å²) in [4.78, 5) is 11.1. The number of hydrogen-bond acceptors (Lipinski definition) is 3. The average molecular weight is 473 g/mol. The highest BCUT2D eigenvalue weighted by Gasteiger charge is 2.35. The summed E-state index contributed by atoms with van der Waals surface area (Å²) in [6.45, 7) is 7.60. The van der Waals surface area contributed by atoms with Gasteiger partial charge in [0.2, 0.25) is 0 Å². The molecule has 0 spiro atoms. The maximum atomic E-state index is 13.9. The highest BCUT2D eigenvalue weighted by atomic mass is 19.1. The lowest BCUT2D eigenvalue weighted by Gasteiger charge is -2.39. The fraction of sp³-hybridized carbons (Fsp3) is 0.276. The van der Waals surface area contributed by atoms with Gasteiger partial charge in [-0.25, -0.2) is 13.8 Å². The molecule has 0 amide bonds. The van der Waals surface area contributed by atoms with Gasteiger partial charge in [-0.2, -0.15) is 0 Å². The van der Waals surface area contributed by atoms with E-state index in [2.05, 4.69) is 53.3 Å². The normalized spacial score (nSPS) is 15.5. The van der Waals surface area contributed by atoms with Gasteiger partial charge >= 0.3 is 0 Å². The van der Waals surface area contributed by atoms with Crippen molar-refractivity contribution in [3.8, 4) is 11.4 Å². The van der Waals surface area contributed by atoms with E-state index in [-0.39, 0.29) is 23.6 Å². The van der Waals surface area contributed by atoms with Crippen molar-refractivity contribution < 1.29 is 8.78 Å². The Balaban J connectivity index is 1.66. The van der Waals surface area contributed by atoms with Crippen LogP contribution in [0.15, 0.2) is 72.8 Å². The van der Waals surface area contributed by atoms with Gasteiger partial charge in [0.25, 0.3) is 0 Å². The van der Waals surface area contributed by atoms with E-state index in [9.17, 15) is 8.78 Å². The van der Waals surface area contributed by atoms with Crippen LogP contribution >= 0.6 is 0 Å². The maximum absolute atomic E-state index is 13.9. The van der Waals surface area contributed by atoms with Gasteiger partial charge in [-0.05, 0) is 49.2 Å². The summed E-state index contributed by atoms with van der Waals surface area (Å²) in [6.07, 6.45) is 0. The summed E-state index contributed by atoms with van der Waals surface area (Å²) in [5.41, 5.74) is 6.13. The first-order chi connectivity index (χ1) is 17.0. The largest absolute Gasteiger partial charge is 0.342 e. The van der Waals surface area contributed by atoms with E-state index in [4.69, 9.17) is 4.98 Å². The summed E-state index contributed by atoms with van der Waals surface area (Å²) >= 11 is 0. The predicted octanol–water partition coefficient (Wildman–Crippen LogP) is 5.75. The molecule has 5 rings (SSSR count). The van der Waals surface area contributed by atoms with E-state index < -0.39 is 0 Å². The third-order valence-corrected chi connectivity index (χ3v) is 6.85. The van der Waals surface area contributed by atoms with E-state index in [1.165, 1.54) is 29.8 Å². The smallest absolute Gasteiger partial charge is 0.137 e. The van der Waals surface area contributed by atoms with Crippen LogP contribution in [0.4, 0.5) is 8.78 Å². The molecule has 1 aromatic heterocycles. The summed E-state index contributed by atoms with van der Waals surface area (Å²) in [5.74, 6) is 0.127. The number of aromatic nitrogens is 2. The van der Waals surface area contributed by atoms with Gasteiger partial charge in [0.1, 0.15) is 17.5 Å². The Kier molecular flexibility index (Phi) is 6.75. The van der Waals surface area contributed by atoms with E-state index in [1.807, 2.05) is 24.3 Å². The number of hydrogen-bond donors (Lipinski definition) is 2. The van der Waals surface area contributed by atoms with E-state index in [0.717, 1.165) is 60.1 Å². The Morgan fingerprint density at radius 1 is 0.771 bits per heavy atom. The number of imidazole rings is 1.